The first-order valence-corrected chi connectivity index (χ1v) is 12.4. The Hall–Kier alpha value is -1.06. The Morgan fingerprint density at radius 1 is 1.10 bits per heavy atom. The Morgan fingerprint density at radius 3 is 2.47 bits per heavy atom. The zero-order valence-electron chi connectivity index (χ0n) is 20.4. The van der Waals surface area contributed by atoms with Crippen LogP contribution >= 0.6 is 0 Å². The molecular weight excluding hydrogens is 372 g/mol. The van der Waals surface area contributed by atoms with E-state index >= 15 is 0 Å². The van der Waals surface area contributed by atoms with E-state index in [1.807, 2.05) is 27.8 Å². The molecule has 0 aromatic rings. The van der Waals surface area contributed by atoms with E-state index in [0.29, 0.717) is 29.2 Å². The van der Waals surface area contributed by atoms with Gasteiger partial charge < -0.3 is 10.2 Å². The third-order valence-corrected chi connectivity index (χ3v) is 10.3. The molecule has 4 nitrogen and oxygen atoms in total. The van der Waals surface area contributed by atoms with Crippen molar-refractivity contribution in [3.05, 3.63) is 0 Å². The molecule has 1 N–H and O–H groups in total. The fraction of sp³-hybridized carbons (Fsp3) is 0.923. The van der Waals surface area contributed by atoms with Crippen molar-refractivity contribution in [2.75, 3.05) is 13.6 Å². The summed E-state index contributed by atoms with van der Waals surface area (Å²) < 4.78 is 0. The number of hydrogen-bond donors (Lipinski definition) is 1. The predicted octanol–water partition coefficient (Wildman–Crippen LogP) is 4.87. The second-order valence-electron chi connectivity index (χ2n) is 12.8. The Bertz CT molecular complexity index is 712. The van der Waals surface area contributed by atoms with Crippen molar-refractivity contribution >= 4 is 11.8 Å². The zero-order chi connectivity index (χ0) is 22.1. The summed E-state index contributed by atoms with van der Waals surface area (Å²) in [7, 11) is 2.04. The minimum absolute atomic E-state index is 0.179. The van der Waals surface area contributed by atoms with E-state index in [2.05, 4.69) is 31.0 Å². The molecule has 0 radical (unpaired) electrons. The first-order valence-electron chi connectivity index (χ1n) is 12.4. The maximum Gasteiger partial charge on any atom is 0.225 e. The van der Waals surface area contributed by atoms with Crippen molar-refractivity contribution in [3.63, 3.8) is 0 Å². The molecule has 8 atom stereocenters. The van der Waals surface area contributed by atoms with Crippen LogP contribution in [0.25, 0.3) is 0 Å². The molecule has 3 aliphatic carbocycles. The summed E-state index contributed by atoms with van der Waals surface area (Å²) >= 11 is 0. The Labute approximate surface area is 183 Å². The number of hydrogen-bond acceptors (Lipinski definition) is 2. The molecule has 30 heavy (non-hydrogen) atoms. The van der Waals surface area contributed by atoms with Crippen LogP contribution in [0.4, 0.5) is 0 Å². The van der Waals surface area contributed by atoms with Gasteiger partial charge in [0.05, 0.1) is 0 Å². The van der Waals surface area contributed by atoms with Gasteiger partial charge >= 0.3 is 0 Å². The second kappa shape index (κ2) is 7.24. The molecule has 170 valence electrons. The van der Waals surface area contributed by atoms with Crippen molar-refractivity contribution in [3.8, 4) is 0 Å². The molecule has 4 rings (SSSR count). The summed E-state index contributed by atoms with van der Waals surface area (Å²) in [5.74, 6) is 4.08. The molecule has 4 fully saturated rings. The first kappa shape index (κ1) is 22.1. The van der Waals surface area contributed by atoms with E-state index in [9.17, 15) is 9.59 Å². The highest BCUT2D eigenvalue weighted by Crippen LogP contribution is 2.67. The highest BCUT2D eigenvalue weighted by atomic mass is 16.2. The van der Waals surface area contributed by atoms with Crippen LogP contribution in [0.5, 0.6) is 0 Å². The highest BCUT2D eigenvalue weighted by Gasteiger charge is 2.62. The molecule has 4 heteroatoms. The Kier molecular flexibility index (Phi) is 5.34. The molecule has 0 aromatic heterocycles. The summed E-state index contributed by atoms with van der Waals surface area (Å²) in [6.45, 7) is 14.3. The van der Waals surface area contributed by atoms with Crippen LogP contribution in [-0.2, 0) is 9.59 Å². The monoisotopic (exact) mass is 416 g/mol. The molecule has 1 aliphatic heterocycles. The molecule has 1 heterocycles. The summed E-state index contributed by atoms with van der Waals surface area (Å²) in [5.41, 5.74) is 0.303. The molecule has 3 unspecified atom stereocenters. The van der Waals surface area contributed by atoms with Crippen molar-refractivity contribution in [2.45, 2.75) is 92.5 Å². The van der Waals surface area contributed by atoms with Crippen molar-refractivity contribution in [2.24, 2.45) is 45.8 Å². The van der Waals surface area contributed by atoms with E-state index in [1.165, 1.54) is 32.1 Å². The van der Waals surface area contributed by atoms with Crippen molar-refractivity contribution < 1.29 is 9.59 Å². The van der Waals surface area contributed by atoms with Gasteiger partial charge in [-0.25, -0.2) is 0 Å². The summed E-state index contributed by atoms with van der Waals surface area (Å²) in [5, 5.41) is 3.31. The maximum atomic E-state index is 12.5. The van der Waals surface area contributed by atoms with E-state index in [4.69, 9.17) is 0 Å². The average Bonchev–Trinajstić information content (AvgIpc) is 2.92. The van der Waals surface area contributed by atoms with E-state index < -0.39 is 0 Å². The van der Waals surface area contributed by atoms with Crippen molar-refractivity contribution in [1.29, 1.82) is 0 Å². The van der Waals surface area contributed by atoms with Gasteiger partial charge in [-0.15, -0.1) is 0 Å². The van der Waals surface area contributed by atoms with Gasteiger partial charge in [-0.3, -0.25) is 9.59 Å². The Morgan fingerprint density at radius 2 is 1.80 bits per heavy atom. The fourth-order valence-electron chi connectivity index (χ4n) is 8.52. The fourth-order valence-corrected chi connectivity index (χ4v) is 8.52. The molecule has 2 amide bonds. The minimum Gasteiger partial charge on any atom is -0.355 e. The number of piperidine rings is 1. The first-order chi connectivity index (χ1) is 13.9. The predicted molar refractivity (Wildman–Crippen MR) is 121 cm³/mol. The lowest BCUT2D eigenvalue weighted by molar-refractivity contribution is -0.158. The normalized spacial score (nSPS) is 46.1. The summed E-state index contributed by atoms with van der Waals surface area (Å²) in [4.78, 5) is 27.0. The zero-order valence-corrected chi connectivity index (χ0v) is 20.4. The number of nitrogens with one attached hydrogen (secondary N) is 1. The van der Waals surface area contributed by atoms with Gasteiger partial charge in [0, 0.05) is 31.5 Å². The SMILES string of the molecule is CC1C[C@H]2[C@@H]3CCC4N(C)C(=O)CC[C@]4(C)[C@@H]3CC[C@]2(C)C1CNC(=O)C(C)(C)C. The number of rotatable bonds is 2. The van der Waals surface area contributed by atoms with Crippen LogP contribution < -0.4 is 5.32 Å². The van der Waals surface area contributed by atoms with Crippen molar-refractivity contribution in [1.82, 2.24) is 10.2 Å². The van der Waals surface area contributed by atoms with Gasteiger partial charge in [0.25, 0.3) is 0 Å². The molecular formula is C26H44N2O2. The van der Waals surface area contributed by atoms with E-state index in [-0.39, 0.29) is 16.7 Å². The van der Waals surface area contributed by atoms with Crippen LogP contribution in [0.3, 0.4) is 0 Å². The van der Waals surface area contributed by atoms with Crippen LogP contribution in [0.2, 0.25) is 0 Å². The maximum absolute atomic E-state index is 12.5. The highest BCUT2D eigenvalue weighted by molar-refractivity contribution is 5.81. The number of fused-ring (bicyclic) bond motifs is 5. The summed E-state index contributed by atoms with van der Waals surface area (Å²) in [6, 6.07) is 0.435. The Balaban J connectivity index is 1.53. The topological polar surface area (TPSA) is 49.4 Å². The van der Waals surface area contributed by atoms with Gasteiger partial charge in [-0.1, -0.05) is 41.5 Å². The smallest absolute Gasteiger partial charge is 0.225 e. The van der Waals surface area contributed by atoms with E-state index in [0.717, 1.165) is 37.1 Å². The third-order valence-electron chi connectivity index (χ3n) is 10.3. The number of likely N-dealkylation sites (tertiary alicyclic amines) is 1. The minimum atomic E-state index is -0.322. The quantitative estimate of drug-likeness (QED) is 0.698. The van der Waals surface area contributed by atoms with Crippen LogP contribution in [0, 0.1) is 45.8 Å². The largest absolute Gasteiger partial charge is 0.355 e. The molecule has 0 aromatic carbocycles. The third kappa shape index (κ3) is 3.23. The lowest BCUT2D eigenvalue weighted by Crippen LogP contribution is -2.61. The number of carbonyl (C=O) groups is 2. The van der Waals surface area contributed by atoms with Crippen LogP contribution in [0.1, 0.15) is 86.5 Å². The van der Waals surface area contributed by atoms with E-state index in [1.54, 1.807) is 0 Å². The molecule has 4 aliphatic rings. The molecule has 3 saturated carbocycles. The lowest BCUT2D eigenvalue weighted by atomic mass is 9.47. The van der Waals surface area contributed by atoms with Gasteiger partial charge in [-0.05, 0) is 78.9 Å². The van der Waals surface area contributed by atoms with Gasteiger partial charge in [0.1, 0.15) is 0 Å². The number of nitrogens with zero attached hydrogens (tertiary/aromatic N) is 1. The standard InChI is InChI=1S/C26H44N2O2/c1-16-14-19-17-8-9-21-26(6,13-11-22(29)28(21)7)18(17)10-12-25(19,5)20(16)15-27-23(30)24(2,3)4/h16-21H,8-15H2,1-7H3,(H,27,30)/t16?,17-,18-,19+,20?,21?,25+,26-/m1/s1. The van der Waals surface area contributed by atoms with Gasteiger partial charge in [0.2, 0.25) is 11.8 Å². The molecule has 0 spiro atoms. The van der Waals surface area contributed by atoms with Crippen LogP contribution in [-0.4, -0.2) is 36.3 Å². The van der Waals surface area contributed by atoms with Gasteiger partial charge in [-0.2, -0.15) is 0 Å². The van der Waals surface area contributed by atoms with Crippen LogP contribution in [0.15, 0.2) is 0 Å². The molecule has 1 saturated heterocycles. The average molecular weight is 417 g/mol. The second-order valence-corrected chi connectivity index (χ2v) is 12.8. The van der Waals surface area contributed by atoms with Gasteiger partial charge in [0.15, 0.2) is 0 Å². The number of amides is 2. The lowest BCUT2D eigenvalue weighted by Gasteiger charge is -2.61. The number of carbonyl (C=O) groups excluding carboxylic acids is 2. The summed E-state index contributed by atoms with van der Waals surface area (Å²) in [6.07, 6.45) is 8.13. The molecule has 0 bridgehead atoms.